The van der Waals surface area contributed by atoms with Crippen molar-refractivity contribution >= 4 is 29.4 Å². The second-order valence-electron chi connectivity index (χ2n) is 8.78. The fraction of sp³-hybridized carbons (Fsp3) is 0.267. The van der Waals surface area contributed by atoms with Gasteiger partial charge in [0.15, 0.2) is 11.5 Å². The largest absolute Gasteiger partial charge is 0.493 e. The van der Waals surface area contributed by atoms with E-state index in [4.69, 9.17) is 35.2 Å². The van der Waals surface area contributed by atoms with Crippen molar-refractivity contribution in [2.45, 2.75) is 25.9 Å². The Kier molecular flexibility index (Phi) is 10.9. The highest BCUT2D eigenvalue weighted by atomic mass is 19.3. The van der Waals surface area contributed by atoms with E-state index < -0.39 is 23.6 Å². The third-order valence-corrected chi connectivity index (χ3v) is 5.57. The minimum atomic E-state index is -3.64. The van der Waals surface area contributed by atoms with Crippen LogP contribution in [0, 0.1) is 0 Å². The summed E-state index contributed by atoms with van der Waals surface area (Å²) in [6.07, 6.45) is 0.720. The molecule has 41 heavy (non-hydrogen) atoms. The first-order valence-electron chi connectivity index (χ1n) is 12.8. The van der Waals surface area contributed by atoms with Gasteiger partial charge in [0.1, 0.15) is 19.0 Å². The normalized spacial score (nSPS) is 11.2. The van der Waals surface area contributed by atoms with Crippen LogP contribution in [0.5, 0.6) is 17.2 Å². The average molecular weight is 571 g/mol. The zero-order valence-corrected chi connectivity index (χ0v) is 22.7. The fourth-order valence-electron chi connectivity index (χ4n) is 3.52. The van der Waals surface area contributed by atoms with Gasteiger partial charge in [-0.15, -0.1) is 0 Å². The summed E-state index contributed by atoms with van der Waals surface area (Å²) >= 11 is 0. The third kappa shape index (κ3) is 9.41. The molecular weight excluding hydrogens is 538 g/mol. The van der Waals surface area contributed by atoms with Gasteiger partial charge in [-0.3, -0.25) is 0 Å². The van der Waals surface area contributed by atoms with E-state index in [1.165, 1.54) is 73.8 Å². The van der Waals surface area contributed by atoms with E-state index in [1.54, 1.807) is 0 Å². The molecule has 3 rings (SSSR count). The number of methoxy groups -OCH3 is 1. The minimum absolute atomic E-state index is 0.0827. The molecule has 218 valence electrons. The van der Waals surface area contributed by atoms with Gasteiger partial charge in [-0.1, -0.05) is 25.5 Å². The predicted molar refractivity (Wildman–Crippen MR) is 150 cm³/mol. The average Bonchev–Trinajstić information content (AvgIpc) is 2.94. The maximum Gasteiger partial charge on any atom is 0.426 e. The van der Waals surface area contributed by atoms with E-state index >= 15 is 0 Å². The molecule has 0 atom stereocenters. The number of carbonyl (C=O) groups excluding carboxylic acids is 2. The second kappa shape index (κ2) is 14.5. The Bertz CT molecular complexity index is 1340. The topological polar surface area (TPSA) is 132 Å². The van der Waals surface area contributed by atoms with Crippen molar-refractivity contribution in [2.75, 3.05) is 38.4 Å². The van der Waals surface area contributed by atoms with Gasteiger partial charge < -0.3 is 35.2 Å². The summed E-state index contributed by atoms with van der Waals surface area (Å²) in [5.74, 6) is -0.868. The summed E-state index contributed by atoms with van der Waals surface area (Å²) in [6, 6.07) is 13.9. The summed E-state index contributed by atoms with van der Waals surface area (Å²) in [5.41, 5.74) is 12.3. The smallest absolute Gasteiger partial charge is 0.426 e. The Labute approximate surface area is 236 Å². The number of anilines is 2. The van der Waals surface area contributed by atoms with Crippen LogP contribution in [0.15, 0.2) is 66.7 Å². The zero-order valence-electron chi connectivity index (χ0n) is 22.7. The summed E-state index contributed by atoms with van der Waals surface area (Å²) < 4.78 is 55.4. The van der Waals surface area contributed by atoms with Crippen LogP contribution in [0.3, 0.4) is 0 Å². The molecule has 0 aliphatic rings. The van der Waals surface area contributed by atoms with E-state index in [2.05, 4.69) is 0 Å². The van der Waals surface area contributed by atoms with Crippen LogP contribution < -0.4 is 25.7 Å². The minimum Gasteiger partial charge on any atom is -0.493 e. The number of halogens is 2. The lowest BCUT2D eigenvalue weighted by Gasteiger charge is -2.20. The number of rotatable bonds is 14. The molecule has 0 amide bonds. The van der Waals surface area contributed by atoms with E-state index in [1.807, 2.05) is 6.92 Å². The summed E-state index contributed by atoms with van der Waals surface area (Å²) in [4.78, 5) is 24.0. The summed E-state index contributed by atoms with van der Waals surface area (Å²) in [5, 5.41) is 0. The highest BCUT2D eigenvalue weighted by Gasteiger charge is 2.35. The number of alkyl halides is 2. The Hall–Kier alpha value is -4.80. The number of hydrogen-bond acceptors (Lipinski definition) is 9. The van der Waals surface area contributed by atoms with Crippen molar-refractivity contribution in [3.05, 3.63) is 83.4 Å². The van der Waals surface area contributed by atoms with Crippen LogP contribution >= 0.6 is 0 Å². The molecule has 0 radical (unpaired) electrons. The molecule has 0 aliphatic carbocycles. The van der Waals surface area contributed by atoms with Crippen molar-refractivity contribution in [2.24, 2.45) is 0 Å². The highest BCUT2D eigenvalue weighted by molar-refractivity contribution is 5.91. The van der Waals surface area contributed by atoms with Gasteiger partial charge in [0.2, 0.25) is 0 Å². The van der Waals surface area contributed by atoms with Gasteiger partial charge in [0, 0.05) is 17.5 Å². The van der Waals surface area contributed by atoms with Crippen molar-refractivity contribution in [3.63, 3.8) is 0 Å². The van der Waals surface area contributed by atoms with E-state index in [-0.39, 0.29) is 30.3 Å². The monoisotopic (exact) mass is 570 g/mol. The molecule has 0 aromatic heterocycles. The van der Waals surface area contributed by atoms with E-state index in [0.29, 0.717) is 29.3 Å². The number of nitrogen functional groups attached to an aromatic ring is 2. The molecule has 0 aliphatic heterocycles. The number of carbonyl (C=O) groups is 2. The van der Waals surface area contributed by atoms with Gasteiger partial charge >= 0.3 is 18.0 Å². The maximum atomic E-state index is 14.8. The Morgan fingerprint density at radius 2 is 1.56 bits per heavy atom. The number of benzene rings is 3. The molecule has 0 saturated carbocycles. The first-order valence-corrected chi connectivity index (χ1v) is 12.8. The van der Waals surface area contributed by atoms with Crippen LogP contribution in [0.2, 0.25) is 0 Å². The molecule has 3 aromatic rings. The molecule has 3 aromatic carbocycles. The Morgan fingerprint density at radius 3 is 2.22 bits per heavy atom. The molecule has 11 heteroatoms. The quantitative estimate of drug-likeness (QED) is 0.110. The first kappa shape index (κ1) is 30.7. The van der Waals surface area contributed by atoms with E-state index in [0.717, 1.165) is 18.9 Å². The lowest BCUT2D eigenvalue weighted by atomic mass is 10.1. The molecule has 0 unspecified atom stereocenters. The second-order valence-corrected chi connectivity index (χ2v) is 8.78. The van der Waals surface area contributed by atoms with Crippen LogP contribution in [0.1, 0.15) is 41.3 Å². The number of hydrogen-bond donors (Lipinski definition) is 2. The molecule has 0 saturated heterocycles. The molecule has 0 spiro atoms. The van der Waals surface area contributed by atoms with Crippen LogP contribution in [0.4, 0.5) is 20.2 Å². The molecule has 0 heterocycles. The molecule has 4 N–H and O–H groups in total. The van der Waals surface area contributed by atoms with Gasteiger partial charge in [-0.25, -0.2) is 9.59 Å². The van der Waals surface area contributed by atoms with Crippen molar-refractivity contribution in [1.29, 1.82) is 0 Å². The van der Waals surface area contributed by atoms with Crippen LogP contribution in [-0.2, 0) is 20.4 Å². The van der Waals surface area contributed by atoms with Crippen LogP contribution in [-0.4, -0.2) is 38.9 Å². The number of unbranched alkanes of at least 4 members (excludes halogenated alkanes) is 1. The van der Waals surface area contributed by atoms with Gasteiger partial charge in [-0.05, 0) is 66.6 Å². The molecule has 9 nitrogen and oxygen atoms in total. The van der Waals surface area contributed by atoms with E-state index in [9.17, 15) is 18.4 Å². The fourth-order valence-corrected chi connectivity index (χ4v) is 3.52. The summed E-state index contributed by atoms with van der Waals surface area (Å²) in [7, 11) is 1.38. The van der Waals surface area contributed by atoms with Crippen molar-refractivity contribution < 1.29 is 42.1 Å². The Balaban J connectivity index is 1.48. The first-order chi connectivity index (χ1) is 19.6. The van der Waals surface area contributed by atoms with Crippen LogP contribution in [0.25, 0.3) is 6.08 Å². The highest BCUT2D eigenvalue weighted by Crippen LogP contribution is 2.37. The number of ether oxygens (including phenoxy) is 5. The standard InChI is InChI=1S/C30H32F2N2O7/c1-3-4-13-38-26-11-8-22(18-27(26)37-2)30(31,32)41-25-9-5-20(6-10-25)7-12-28(35)39-14-15-40-29(36)21-16-23(33)19-24(34)17-21/h5-12,16-19H,3-4,13-15,33-34H2,1-2H3. The van der Waals surface area contributed by atoms with Crippen molar-refractivity contribution in [1.82, 2.24) is 0 Å². The predicted octanol–water partition coefficient (Wildman–Crippen LogP) is 5.58. The maximum absolute atomic E-state index is 14.8. The summed E-state index contributed by atoms with van der Waals surface area (Å²) in [6.45, 7) is 2.12. The lowest BCUT2D eigenvalue weighted by Crippen LogP contribution is -2.22. The van der Waals surface area contributed by atoms with Crippen molar-refractivity contribution in [3.8, 4) is 17.2 Å². The molecule has 0 bridgehead atoms. The van der Waals surface area contributed by atoms with Gasteiger partial charge in [-0.2, -0.15) is 8.78 Å². The van der Waals surface area contributed by atoms with Gasteiger partial charge in [0.25, 0.3) is 0 Å². The molecular formula is C30H32F2N2O7. The Morgan fingerprint density at radius 1 is 0.878 bits per heavy atom. The number of esters is 2. The SMILES string of the molecule is CCCCOc1ccc(C(F)(F)Oc2ccc(C=CC(=O)OCCOC(=O)c3cc(N)cc(N)c3)cc2)cc1OC. The van der Waals surface area contributed by atoms with Gasteiger partial charge in [0.05, 0.1) is 24.8 Å². The zero-order chi connectivity index (χ0) is 29.8. The lowest BCUT2D eigenvalue weighted by molar-refractivity contribution is -0.185. The molecule has 0 fully saturated rings. The number of nitrogens with two attached hydrogens (primary N) is 2. The third-order valence-electron chi connectivity index (χ3n) is 5.57.